The van der Waals surface area contributed by atoms with Crippen molar-refractivity contribution >= 4 is 0 Å². The number of aliphatic hydroxyl groups is 2. The van der Waals surface area contributed by atoms with Crippen molar-refractivity contribution in [1.29, 1.82) is 0 Å². The van der Waals surface area contributed by atoms with Gasteiger partial charge in [-0.25, -0.2) is 0 Å². The molecule has 0 bridgehead atoms. The minimum absolute atomic E-state index is 0.117. The molecule has 1 rings (SSSR count). The van der Waals surface area contributed by atoms with Crippen LogP contribution in [-0.4, -0.2) is 43.6 Å². The van der Waals surface area contributed by atoms with Gasteiger partial charge in [0.15, 0.2) is 0 Å². The van der Waals surface area contributed by atoms with Gasteiger partial charge in [-0.05, 0) is 31.0 Å². The first-order valence-corrected chi connectivity index (χ1v) is 6.77. The molecule has 20 heavy (non-hydrogen) atoms. The molecule has 0 fully saturated rings. The van der Waals surface area contributed by atoms with Gasteiger partial charge in [0, 0.05) is 24.8 Å². The smallest absolute Gasteiger partial charge is 0.124 e. The molecule has 5 heteroatoms. The fraction of sp³-hybridized carbons (Fsp3) is 0.600. The lowest BCUT2D eigenvalue weighted by Crippen LogP contribution is -2.36. The average molecular weight is 283 g/mol. The Balaban J connectivity index is 2.73. The van der Waals surface area contributed by atoms with Gasteiger partial charge in [0.25, 0.3) is 0 Å². The summed E-state index contributed by atoms with van der Waals surface area (Å²) in [5.74, 6) is 1.44. The van der Waals surface area contributed by atoms with Crippen LogP contribution >= 0.6 is 0 Å². The number of hydrogen-bond donors (Lipinski definition) is 3. The molecule has 0 amide bonds. The molecule has 0 heterocycles. The van der Waals surface area contributed by atoms with Crippen LogP contribution in [0.25, 0.3) is 0 Å². The minimum atomic E-state index is -0.701. The number of hydrogen-bond acceptors (Lipinski definition) is 5. The third kappa shape index (κ3) is 4.37. The molecular weight excluding hydrogens is 258 g/mol. The molecular formula is C15H25NO4. The van der Waals surface area contributed by atoms with Gasteiger partial charge in [0.1, 0.15) is 11.5 Å². The Morgan fingerprint density at radius 2 is 1.90 bits per heavy atom. The molecule has 0 saturated carbocycles. The van der Waals surface area contributed by atoms with Crippen LogP contribution < -0.4 is 14.8 Å². The largest absolute Gasteiger partial charge is 0.497 e. The molecule has 0 spiro atoms. The predicted octanol–water partition coefficient (Wildman–Crippen LogP) is 1.34. The Morgan fingerprint density at radius 1 is 1.20 bits per heavy atom. The van der Waals surface area contributed by atoms with E-state index in [4.69, 9.17) is 14.6 Å². The second kappa shape index (κ2) is 8.09. The van der Waals surface area contributed by atoms with Crippen molar-refractivity contribution in [2.45, 2.75) is 26.0 Å². The van der Waals surface area contributed by atoms with Gasteiger partial charge in [0.2, 0.25) is 0 Å². The fourth-order valence-corrected chi connectivity index (χ4v) is 1.87. The van der Waals surface area contributed by atoms with Gasteiger partial charge < -0.3 is 25.0 Å². The van der Waals surface area contributed by atoms with Crippen molar-refractivity contribution in [3.8, 4) is 11.5 Å². The van der Waals surface area contributed by atoms with E-state index in [1.165, 1.54) is 0 Å². The van der Waals surface area contributed by atoms with E-state index in [1.54, 1.807) is 32.4 Å². The second-order valence-corrected chi connectivity index (χ2v) is 4.98. The predicted molar refractivity (Wildman–Crippen MR) is 78.2 cm³/mol. The molecule has 3 atom stereocenters. The summed E-state index contributed by atoms with van der Waals surface area (Å²) in [5.41, 5.74) is 0.684. The van der Waals surface area contributed by atoms with Crippen molar-refractivity contribution in [2.75, 3.05) is 27.4 Å². The van der Waals surface area contributed by atoms with E-state index in [9.17, 15) is 5.11 Å². The van der Waals surface area contributed by atoms with Crippen molar-refractivity contribution in [3.63, 3.8) is 0 Å². The van der Waals surface area contributed by atoms with Gasteiger partial charge in [-0.2, -0.15) is 0 Å². The SMILES string of the molecule is COc1ccc(OC)c(C(O)CNC(C)C(C)CO)c1. The summed E-state index contributed by atoms with van der Waals surface area (Å²) in [6.07, 6.45) is -0.701. The molecule has 0 aliphatic carbocycles. The Morgan fingerprint density at radius 3 is 2.45 bits per heavy atom. The lowest BCUT2D eigenvalue weighted by atomic mass is 10.0. The van der Waals surface area contributed by atoms with Gasteiger partial charge in [-0.15, -0.1) is 0 Å². The number of methoxy groups -OCH3 is 2. The highest BCUT2D eigenvalue weighted by Gasteiger charge is 2.17. The maximum atomic E-state index is 10.3. The molecule has 0 aliphatic heterocycles. The van der Waals surface area contributed by atoms with Crippen LogP contribution in [0, 0.1) is 5.92 Å². The molecule has 0 aliphatic rings. The van der Waals surface area contributed by atoms with Crippen LogP contribution in [0.1, 0.15) is 25.5 Å². The van der Waals surface area contributed by atoms with Gasteiger partial charge >= 0.3 is 0 Å². The molecule has 0 saturated heterocycles. The second-order valence-electron chi connectivity index (χ2n) is 4.98. The van der Waals surface area contributed by atoms with E-state index in [-0.39, 0.29) is 18.6 Å². The van der Waals surface area contributed by atoms with Crippen LogP contribution in [0.3, 0.4) is 0 Å². The van der Waals surface area contributed by atoms with Gasteiger partial charge in [0.05, 0.1) is 20.3 Å². The number of rotatable bonds is 8. The highest BCUT2D eigenvalue weighted by molar-refractivity contribution is 5.41. The number of ether oxygens (including phenoxy) is 2. The van der Waals surface area contributed by atoms with Crippen LogP contribution in [0.5, 0.6) is 11.5 Å². The normalized spacial score (nSPS) is 15.5. The highest BCUT2D eigenvalue weighted by Crippen LogP contribution is 2.29. The Hall–Kier alpha value is -1.30. The average Bonchev–Trinajstić information content (AvgIpc) is 2.50. The monoisotopic (exact) mass is 283 g/mol. The zero-order chi connectivity index (χ0) is 15.1. The van der Waals surface area contributed by atoms with E-state index in [0.717, 1.165) is 0 Å². The van der Waals surface area contributed by atoms with Crippen LogP contribution in [-0.2, 0) is 0 Å². The quantitative estimate of drug-likeness (QED) is 0.671. The number of nitrogens with one attached hydrogen (secondary N) is 1. The van der Waals surface area contributed by atoms with Gasteiger partial charge in [-0.3, -0.25) is 0 Å². The first-order chi connectivity index (χ1) is 9.53. The molecule has 0 aromatic heterocycles. The molecule has 3 unspecified atom stereocenters. The zero-order valence-corrected chi connectivity index (χ0v) is 12.6. The molecule has 0 radical (unpaired) electrons. The summed E-state index contributed by atoms with van der Waals surface area (Å²) >= 11 is 0. The van der Waals surface area contributed by atoms with Crippen molar-refractivity contribution in [2.24, 2.45) is 5.92 Å². The highest BCUT2D eigenvalue weighted by atomic mass is 16.5. The summed E-state index contributed by atoms with van der Waals surface area (Å²) in [7, 11) is 3.16. The summed E-state index contributed by atoms with van der Waals surface area (Å²) in [5, 5.41) is 22.6. The fourth-order valence-electron chi connectivity index (χ4n) is 1.87. The first kappa shape index (κ1) is 16.8. The Kier molecular flexibility index (Phi) is 6.78. The van der Waals surface area contributed by atoms with E-state index in [0.29, 0.717) is 23.6 Å². The van der Waals surface area contributed by atoms with Gasteiger partial charge in [-0.1, -0.05) is 6.92 Å². The summed E-state index contributed by atoms with van der Waals surface area (Å²) < 4.78 is 10.4. The van der Waals surface area contributed by atoms with Crippen molar-refractivity contribution in [1.82, 2.24) is 5.32 Å². The Bertz CT molecular complexity index is 411. The lowest BCUT2D eigenvalue weighted by Gasteiger charge is -2.22. The van der Waals surface area contributed by atoms with Crippen LogP contribution in [0.4, 0.5) is 0 Å². The lowest BCUT2D eigenvalue weighted by molar-refractivity contribution is 0.152. The summed E-state index contributed by atoms with van der Waals surface area (Å²) in [4.78, 5) is 0. The van der Waals surface area contributed by atoms with Crippen molar-refractivity contribution in [3.05, 3.63) is 23.8 Å². The molecule has 5 nitrogen and oxygen atoms in total. The van der Waals surface area contributed by atoms with E-state index >= 15 is 0 Å². The number of aliphatic hydroxyl groups excluding tert-OH is 2. The Labute approximate surface area is 120 Å². The molecule has 1 aromatic rings. The van der Waals surface area contributed by atoms with Crippen molar-refractivity contribution < 1.29 is 19.7 Å². The van der Waals surface area contributed by atoms with E-state index in [2.05, 4.69) is 5.32 Å². The third-order valence-electron chi connectivity index (χ3n) is 3.57. The third-order valence-corrected chi connectivity index (χ3v) is 3.57. The minimum Gasteiger partial charge on any atom is -0.497 e. The topological polar surface area (TPSA) is 71.0 Å². The maximum Gasteiger partial charge on any atom is 0.124 e. The standard InChI is InChI=1S/C15H25NO4/c1-10(9-17)11(2)16-8-14(18)13-7-12(19-3)5-6-15(13)20-4/h5-7,10-11,14,16-18H,8-9H2,1-4H3. The summed E-state index contributed by atoms with van der Waals surface area (Å²) in [6, 6.07) is 5.45. The molecule has 114 valence electrons. The summed E-state index contributed by atoms with van der Waals surface area (Å²) in [6.45, 7) is 4.44. The van der Waals surface area contributed by atoms with E-state index < -0.39 is 6.10 Å². The zero-order valence-electron chi connectivity index (χ0n) is 12.6. The molecule has 1 aromatic carbocycles. The maximum absolute atomic E-state index is 10.3. The number of benzene rings is 1. The van der Waals surface area contributed by atoms with Crippen LogP contribution in [0.2, 0.25) is 0 Å². The van der Waals surface area contributed by atoms with Crippen LogP contribution in [0.15, 0.2) is 18.2 Å². The molecule has 3 N–H and O–H groups in total. The first-order valence-electron chi connectivity index (χ1n) is 6.77. The van der Waals surface area contributed by atoms with E-state index in [1.807, 2.05) is 13.8 Å².